The fourth-order valence-corrected chi connectivity index (χ4v) is 2.65. The lowest BCUT2D eigenvalue weighted by molar-refractivity contribution is -0.117. The maximum absolute atomic E-state index is 12.4. The van der Waals surface area contributed by atoms with Crippen molar-refractivity contribution >= 4 is 45.6 Å². The zero-order chi connectivity index (χ0) is 16.4. The Morgan fingerprint density at radius 1 is 1.09 bits per heavy atom. The number of nitrogens with zero attached hydrogens (tertiary/aromatic N) is 2. The number of anilines is 1. The molecule has 0 saturated carbocycles. The second-order valence-electron chi connectivity index (χ2n) is 4.86. The molecule has 0 saturated heterocycles. The molecule has 1 N–H and O–H groups in total. The van der Waals surface area contributed by atoms with E-state index in [1.54, 1.807) is 48.5 Å². The number of aromatic nitrogens is 2. The van der Waals surface area contributed by atoms with Crippen LogP contribution in [0.25, 0.3) is 10.8 Å². The number of benzene rings is 2. The molecule has 0 bridgehead atoms. The van der Waals surface area contributed by atoms with Gasteiger partial charge in [-0.05, 0) is 24.3 Å². The van der Waals surface area contributed by atoms with E-state index in [9.17, 15) is 9.59 Å². The van der Waals surface area contributed by atoms with Crippen LogP contribution < -0.4 is 10.9 Å². The van der Waals surface area contributed by atoms with E-state index < -0.39 is 5.91 Å². The maximum atomic E-state index is 12.4. The molecule has 0 aliphatic heterocycles. The average molecular weight is 348 g/mol. The second kappa shape index (κ2) is 6.40. The number of carbonyl (C=O) groups is 1. The Morgan fingerprint density at radius 2 is 1.83 bits per heavy atom. The average Bonchev–Trinajstić information content (AvgIpc) is 2.52. The Bertz CT molecular complexity index is 953. The molecule has 23 heavy (non-hydrogen) atoms. The normalized spacial score (nSPS) is 10.7. The second-order valence-corrected chi connectivity index (χ2v) is 5.65. The van der Waals surface area contributed by atoms with Crippen molar-refractivity contribution in [1.29, 1.82) is 0 Å². The maximum Gasteiger partial charge on any atom is 0.275 e. The minimum atomic E-state index is -0.395. The highest BCUT2D eigenvalue weighted by Gasteiger charge is 2.11. The van der Waals surface area contributed by atoms with Gasteiger partial charge in [0, 0.05) is 16.1 Å². The summed E-state index contributed by atoms with van der Waals surface area (Å²) in [4.78, 5) is 24.5. The van der Waals surface area contributed by atoms with E-state index in [0.29, 0.717) is 21.5 Å². The zero-order valence-corrected chi connectivity index (χ0v) is 13.3. The van der Waals surface area contributed by atoms with E-state index in [1.807, 2.05) is 0 Å². The molecule has 1 aromatic heterocycles. The summed E-state index contributed by atoms with van der Waals surface area (Å²) in [7, 11) is 0. The van der Waals surface area contributed by atoms with Gasteiger partial charge in [-0.2, -0.15) is 5.10 Å². The van der Waals surface area contributed by atoms with Crippen molar-refractivity contribution in [2.45, 2.75) is 6.54 Å². The highest BCUT2D eigenvalue weighted by atomic mass is 35.5. The third-order valence-electron chi connectivity index (χ3n) is 3.22. The SMILES string of the molecule is O=C(Cn1nc(Cl)c2ccccc2c1=O)Nc1cccc(Cl)c1. The Morgan fingerprint density at radius 3 is 2.57 bits per heavy atom. The van der Waals surface area contributed by atoms with Crippen molar-refractivity contribution in [3.8, 4) is 0 Å². The molecule has 7 heteroatoms. The van der Waals surface area contributed by atoms with Crippen molar-refractivity contribution in [1.82, 2.24) is 9.78 Å². The predicted octanol–water partition coefficient (Wildman–Crippen LogP) is 3.34. The molecule has 2 aromatic carbocycles. The minimum Gasteiger partial charge on any atom is -0.324 e. The first kappa shape index (κ1) is 15.5. The molecule has 5 nitrogen and oxygen atoms in total. The van der Waals surface area contributed by atoms with E-state index in [4.69, 9.17) is 23.2 Å². The standard InChI is InChI=1S/C16H11Cl2N3O2/c17-10-4-3-5-11(8-10)19-14(22)9-21-16(23)13-7-2-1-6-12(13)15(18)20-21/h1-8H,9H2,(H,19,22). The third-order valence-corrected chi connectivity index (χ3v) is 3.74. The van der Waals surface area contributed by atoms with Gasteiger partial charge in [-0.25, -0.2) is 4.68 Å². The lowest BCUT2D eigenvalue weighted by Crippen LogP contribution is -2.29. The number of rotatable bonds is 3. The highest BCUT2D eigenvalue weighted by molar-refractivity contribution is 6.34. The molecule has 0 fully saturated rings. The van der Waals surface area contributed by atoms with E-state index in [-0.39, 0.29) is 17.3 Å². The van der Waals surface area contributed by atoms with Crippen molar-refractivity contribution < 1.29 is 4.79 Å². The molecule has 0 aliphatic carbocycles. The summed E-state index contributed by atoms with van der Waals surface area (Å²) in [5, 5.41) is 8.31. The first-order valence-electron chi connectivity index (χ1n) is 6.75. The van der Waals surface area contributed by atoms with Gasteiger partial charge in [0.15, 0.2) is 5.15 Å². The molecule has 1 heterocycles. The largest absolute Gasteiger partial charge is 0.324 e. The minimum absolute atomic E-state index is 0.177. The van der Waals surface area contributed by atoms with Gasteiger partial charge in [-0.1, -0.05) is 47.5 Å². The topological polar surface area (TPSA) is 64.0 Å². The number of hydrogen-bond acceptors (Lipinski definition) is 3. The fraction of sp³-hybridized carbons (Fsp3) is 0.0625. The molecular formula is C16H11Cl2N3O2. The van der Waals surface area contributed by atoms with E-state index >= 15 is 0 Å². The van der Waals surface area contributed by atoms with Crippen molar-refractivity contribution in [3.05, 3.63) is 69.1 Å². The summed E-state index contributed by atoms with van der Waals surface area (Å²) in [6.07, 6.45) is 0. The van der Waals surface area contributed by atoms with Crippen LogP contribution in [-0.2, 0) is 11.3 Å². The van der Waals surface area contributed by atoms with Crippen LogP contribution in [0.1, 0.15) is 0 Å². The molecule has 3 rings (SSSR count). The van der Waals surface area contributed by atoms with Gasteiger partial charge in [0.05, 0.1) is 5.39 Å². The van der Waals surface area contributed by atoms with E-state index in [2.05, 4.69) is 10.4 Å². The van der Waals surface area contributed by atoms with Gasteiger partial charge >= 0.3 is 0 Å². The van der Waals surface area contributed by atoms with Crippen molar-refractivity contribution in [2.24, 2.45) is 0 Å². The lowest BCUT2D eigenvalue weighted by atomic mass is 10.2. The Hall–Kier alpha value is -2.37. The van der Waals surface area contributed by atoms with Crippen LogP contribution in [0.3, 0.4) is 0 Å². The number of carbonyl (C=O) groups excluding carboxylic acids is 1. The number of fused-ring (bicyclic) bond motifs is 1. The van der Waals surface area contributed by atoms with Crippen LogP contribution in [0, 0.1) is 0 Å². The number of hydrogen-bond donors (Lipinski definition) is 1. The number of nitrogens with one attached hydrogen (secondary N) is 1. The van der Waals surface area contributed by atoms with Crippen LogP contribution in [0.15, 0.2) is 53.3 Å². The van der Waals surface area contributed by atoms with Gasteiger partial charge in [0.1, 0.15) is 6.54 Å². The Kier molecular flexibility index (Phi) is 4.32. The molecule has 116 valence electrons. The predicted molar refractivity (Wildman–Crippen MR) is 91.1 cm³/mol. The molecule has 1 amide bonds. The number of halogens is 2. The van der Waals surface area contributed by atoms with Crippen LogP contribution in [0.4, 0.5) is 5.69 Å². The monoisotopic (exact) mass is 347 g/mol. The molecule has 0 atom stereocenters. The summed E-state index contributed by atoms with van der Waals surface area (Å²) in [6.45, 7) is -0.240. The van der Waals surface area contributed by atoms with Gasteiger partial charge in [0.25, 0.3) is 5.56 Å². The first-order chi connectivity index (χ1) is 11.0. The zero-order valence-electron chi connectivity index (χ0n) is 11.8. The smallest absolute Gasteiger partial charge is 0.275 e. The highest BCUT2D eigenvalue weighted by Crippen LogP contribution is 2.18. The number of amides is 1. The van der Waals surface area contributed by atoms with Crippen LogP contribution in [0.2, 0.25) is 10.2 Å². The van der Waals surface area contributed by atoms with Crippen LogP contribution in [-0.4, -0.2) is 15.7 Å². The Balaban J connectivity index is 1.88. The van der Waals surface area contributed by atoms with Crippen molar-refractivity contribution in [3.63, 3.8) is 0 Å². The Labute approximate surface area is 141 Å². The summed E-state index contributed by atoms with van der Waals surface area (Å²) < 4.78 is 1.05. The van der Waals surface area contributed by atoms with E-state index in [0.717, 1.165) is 4.68 Å². The molecule has 0 radical (unpaired) electrons. The molecule has 0 aliphatic rings. The quantitative estimate of drug-likeness (QED) is 0.790. The summed E-state index contributed by atoms with van der Waals surface area (Å²) >= 11 is 11.9. The third kappa shape index (κ3) is 3.36. The summed E-state index contributed by atoms with van der Waals surface area (Å²) in [6, 6.07) is 13.6. The van der Waals surface area contributed by atoms with Gasteiger partial charge < -0.3 is 5.32 Å². The fourth-order valence-electron chi connectivity index (χ4n) is 2.20. The van der Waals surface area contributed by atoms with Gasteiger partial charge in [0.2, 0.25) is 5.91 Å². The van der Waals surface area contributed by atoms with Gasteiger partial charge in [-0.15, -0.1) is 0 Å². The van der Waals surface area contributed by atoms with Crippen LogP contribution >= 0.6 is 23.2 Å². The first-order valence-corrected chi connectivity index (χ1v) is 7.51. The molecule has 3 aromatic rings. The van der Waals surface area contributed by atoms with Crippen molar-refractivity contribution in [2.75, 3.05) is 5.32 Å². The van der Waals surface area contributed by atoms with Gasteiger partial charge in [-0.3, -0.25) is 9.59 Å². The summed E-state index contributed by atoms with van der Waals surface area (Å²) in [5.41, 5.74) is 0.175. The lowest BCUT2D eigenvalue weighted by Gasteiger charge is -2.09. The molecule has 0 spiro atoms. The van der Waals surface area contributed by atoms with E-state index in [1.165, 1.54) is 0 Å². The molecule has 0 unspecified atom stereocenters. The van der Waals surface area contributed by atoms with Crippen LogP contribution in [0.5, 0.6) is 0 Å². The summed E-state index contributed by atoms with van der Waals surface area (Å²) in [5.74, 6) is -0.395. The molecular weight excluding hydrogens is 337 g/mol.